The molecule has 0 aliphatic heterocycles. The van der Waals surface area contributed by atoms with Gasteiger partial charge in [0.15, 0.2) is 5.76 Å². The molecule has 1 aliphatic rings. The van der Waals surface area contributed by atoms with E-state index >= 15 is 0 Å². The number of carbonyl (C=O) groups excluding carboxylic acids is 1. The predicted molar refractivity (Wildman–Crippen MR) is 92.9 cm³/mol. The van der Waals surface area contributed by atoms with Gasteiger partial charge in [-0.3, -0.25) is 4.79 Å². The van der Waals surface area contributed by atoms with E-state index in [0.717, 1.165) is 6.42 Å². The van der Waals surface area contributed by atoms with Crippen molar-refractivity contribution < 1.29 is 13.6 Å². The second-order valence-electron chi connectivity index (χ2n) is 6.49. The molecule has 0 saturated heterocycles. The normalized spacial score (nSPS) is 18.9. The van der Waals surface area contributed by atoms with Crippen LogP contribution in [0.25, 0.3) is 11.7 Å². The van der Waals surface area contributed by atoms with Gasteiger partial charge in [0, 0.05) is 6.54 Å². The Morgan fingerprint density at radius 3 is 2.84 bits per heavy atom. The molecule has 3 aromatic rings. The highest BCUT2D eigenvalue weighted by Gasteiger charge is 2.38. The van der Waals surface area contributed by atoms with Crippen molar-refractivity contribution in [1.29, 1.82) is 0 Å². The smallest absolute Gasteiger partial charge is 0.263 e. The molecule has 1 N–H and O–H groups in total. The maximum atomic E-state index is 12.2. The molecule has 0 radical (unpaired) electrons. The van der Waals surface area contributed by atoms with Gasteiger partial charge in [-0.05, 0) is 42.9 Å². The number of rotatable bonds is 6. The van der Waals surface area contributed by atoms with E-state index in [1.54, 1.807) is 18.4 Å². The highest BCUT2D eigenvalue weighted by Crippen LogP contribution is 2.46. The van der Waals surface area contributed by atoms with Crippen molar-refractivity contribution in [3.63, 3.8) is 0 Å². The first kappa shape index (κ1) is 15.7. The van der Waals surface area contributed by atoms with Crippen LogP contribution >= 0.6 is 0 Å². The molecule has 1 amide bonds. The van der Waals surface area contributed by atoms with Crippen LogP contribution < -0.4 is 5.32 Å². The Labute approximate surface area is 146 Å². The molecule has 2 heterocycles. The summed E-state index contributed by atoms with van der Waals surface area (Å²) >= 11 is 0. The molecule has 2 aromatic heterocycles. The third-order valence-electron chi connectivity index (χ3n) is 4.66. The SMILES string of the molecule is Cc1oc(-c2ccco2)nc1CC(=O)NC[C@@H]1C[C@H]1c1ccccc1. The van der Waals surface area contributed by atoms with Crippen molar-refractivity contribution in [2.45, 2.75) is 25.7 Å². The summed E-state index contributed by atoms with van der Waals surface area (Å²) < 4.78 is 10.9. The average molecular weight is 336 g/mol. The van der Waals surface area contributed by atoms with E-state index < -0.39 is 0 Å². The zero-order valence-electron chi connectivity index (χ0n) is 14.1. The van der Waals surface area contributed by atoms with Gasteiger partial charge < -0.3 is 14.2 Å². The van der Waals surface area contributed by atoms with Gasteiger partial charge in [-0.15, -0.1) is 0 Å². The second kappa shape index (κ2) is 6.59. The van der Waals surface area contributed by atoms with E-state index in [0.29, 0.717) is 41.5 Å². The summed E-state index contributed by atoms with van der Waals surface area (Å²) in [5, 5.41) is 3.02. The lowest BCUT2D eigenvalue weighted by Crippen LogP contribution is -2.27. The van der Waals surface area contributed by atoms with Gasteiger partial charge in [0.05, 0.1) is 18.4 Å². The largest absolute Gasteiger partial charge is 0.459 e. The minimum absolute atomic E-state index is 0.0268. The van der Waals surface area contributed by atoms with E-state index in [-0.39, 0.29) is 12.3 Å². The summed E-state index contributed by atoms with van der Waals surface area (Å²) in [6.45, 7) is 2.52. The van der Waals surface area contributed by atoms with Crippen molar-refractivity contribution in [2.75, 3.05) is 6.54 Å². The van der Waals surface area contributed by atoms with E-state index in [2.05, 4.69) is 34.6 Å². The number of aryl methyl sites for hydroxylation is 1. The van der Waals surface area contributed by atoms with E-state index in [1.165, 1.54) is 5.56 Å². The van der Waals surface area contributed by atoms with Crippen molar-refractivity contribution in [3.05, 3.63) is 65.7 Å². The average Bonchev–Trinajstić information content (AvgIpc) is 3.00. The Kier molecular flexibility index (Phi) is 4.14. The molecule has 1 fully saturated rings. The molecule has 4 rings (SSSR count). The fourth-order valence-electron chi connectivity index (χ4n) is 3.14. The third kappa shape index (κ3) is 3.50. The number of carbonyl (C=O) groups is 1. The topological polar surface area (TPSA) is 68.3 Å². The molecule has 5 heteroatoms. The lowest BCUT2D eigenvalue weighted by Gasteiger charge is -2.04. The van der Waals surface area contributed by atoms with Crippen LogP contribution in [0, 0.1) is 12.8 Å². The molecule has 25 heavy (non-hydrogen) atoms. The fourth-order valence-corrected chi connectivity index (χ4v) is 3.14. The summed E-state index contributed by atoms with van der Waals surface area (Å²) in [6.07, 6.45) is 2.93. The van der Waals surface area contributed by atoms with Gasteiger partial charge in [0.1, 0.15) is 5.76 Å². The molecule has 0 unspecified atom stereocenters. The predicted octanol–water partition coefficient (Wildman–Crippen LogP) is 3.71. The van der Waals surface area contributed by atoms with Gasteiger partial charge >= 0.3 is 0 Å². The highest BCUT2D eigenvalue weighted by atomic mass is 16.4. The molecule has 1 saturated carbocycles. The Morgan fingerprint density at radius 1 is 1.24 bits per heavy atom. The zero-order valence-corrected chi connectivity index (χ0v) is 14.1. The van der Waals surface area contributed by atoms with Crippen molar-refractivity contribution in [1.82, 2.24) is 10.3 Å². The number of furan rings is 1. The quantitative estimate of drug-likeness (QED) is 0.745. The molecular formula is C20H20N2O3. The monoisotopic (exact) mass is 336 g/mol. The Hall–Kier alpha value is -2.82. The lowest BCUT2D eigenvalue weighted by atomic mass is 10.1. The fraction of sp³-hybridized carbons (Fsp3) is 0.300. The molecule has 0 spiro atoms. The first-order valence-corrected chi connectivity index (χ1v) is 8.52. The van der Waals surface area contributed by atoms with Gasteiger partial charge in [-0.1, -0.05) is 30.3 Å². The molecular weight excluding hydrogens is 316 g/mol. The summed E-state index contributed by atoms with van der Waals surface area (Å²) in [4.78, 5) is 16.6. The number of benzene rings is 1. The highest BCUT2D eigenvalue weighted by molar-refractivity contribution is 5.78. The molecule has 2 atom stereocenters. The van der Waals surface area contributed by atoms with E-state index in [9.17, 15) is 4.79 Å². The van der Waals surface area contributed by atoms with Gasteiger partial charge in [0.25, 0.3) is 5.89 Å². The molecule has 1 aromatic carbocycles. The molecule has 1 aliphatic carbocycles. The van der Waals surface area contributed by atoms with Crippen LogP contribution in [0.2, 0.25) is 0 Å². The number of hydrogen-bond acceptors (Lipinski definition) is 4. The number of nitrogens with zero attached hydrogens (tertiary/aromatic N) is 1. The number of amides is 1. The third-order valence-corrected chi connectivity index (χ3v) is 4.66. The second-order valence-corrected chi connectivity index (χ2v) is 6.49. The summed E-state index contributed by atoms with van der Waals surface area (Å²) in [6, 6.07) is 14.0. The number of aromatic nitrogens is 1. The van der Waals surface area contributed by atoms with E-state index in [1.807, 2.05) is 13.0 Å². The lowest BCUT2D eigenvalue weighted by molar-refractivity contribution is -0.120. The number of hydrogen-bond donors (Lipinski definition) is 1. The Morgan fingerprint density at radius 2 is 2.08 bits per heavy atom. The standard InChI is InChI=1S/C20H20N2O3/c1-13-17(22-20(25-13)18-8-5-9-24-18)11-19(23)21-12-15-10-16(15)14-6-3-2-4-7-14/h2-9,15-16H,10-12H2,1H3,(H,21,23)/t15-,16-/m0/s1. The first-order valence-electron chi connectivity index (χ1n) is 8.52. The molecule has 128 valence electrons. The van der Waals surface area contributed by atoms with E-state index in [4.69, 9.17) is 8.83 Å². The van der Waals surface area contributed by atoms with Crippen LogP contribution in [0.1, 0.15) is 29.4 Å². The summed E-state index contributed by atoms with van der Waals surface area (Å²) in [7, 11) is 0. The molecule has 0 bridgehead atoms. The van der Waals surface area contributed by atoms with Crippen LogP contribution in [0.15, 0.2) is 57.6 Å². The van der Waals surface area contributed by atoms with Gasteiger partial charge in [0.2, 0.25) is 5.91 Å². The van der Waals surface area contributed by atoms with Gasteiger partial charge in [-0.2, -0.15) is 0 Å². The van der Waals surface area contributed by atoms with Crippen LogP contribution in [0.4, 0.5) is 0 Å². The van der Waals surface area contributed by atoms with Crippen LogP contribution in [-0.2, 0) is 11.2 Å². The van der Waals surface area contributed by atoms with Gasteiger partial charge in [-0.25, -0.2) is 4.98 Å². The van der Waals surface area contributed by atoms with Crippen molar-refractivity contribution >= 4 is 5.91 Å². The maximum absolute atomic E-state index is 12.2. The maximum Gasteiger partial charge on any atom is 0.263 e. The van der Waals surface area contributed by atoms with Crippen LogP contribution in [0.5, 0.6) is 0 Å². The minimum Gasteiger partial charge on any atom is -0.459 e. The van der Waals surface area contributed by atoms with Crippen LogP contribution in [0.3, 0.4) is 0 Å². The summed E-state index contributed by atoms with van der Waals surface area (Å²) in [5.74, 6) is 2.70. The number of nitrogens with one attached hydrogen (secondary N) is 1. The Balaban J connectivity index is 1.30. The Bertz CT molecular complexity index is 852. The molecule has 5 nitrogen and oxygen atoms in total. The van der Waals surface area contributed by atoms with Crippen molar-refractivity contribution in [2.24, 2.45) is 5.92 Å². The van der Waals surface area contributed by atoms with Crippen molar-refractivity contribution in [3.8, 4) is 11.7 Å². The summed E-state index contributed by atoms with van der Waals surface area (Å²) in [5.41, 5.74) is 2.01. The minimum atomic E-state index is -0.0268. The van der Waals surface area contributed by atoms with Crippen LogP contribution in [-0.4, -0.2) is 17.4 Å². The zero-order chi connectivity index (χ0) is 17.2. The number of oxazole rings is 1. The first-order chi connectivity index (χ1) is 12.2.